The number of fused-ring (bicyclic) bond motifs is 2. The van der Waals surface area contributed by atoms with Gasteiger partial charge in [0, 0.05) is 0 Å². The van der Waals surface area contributed by atoms with Crippen LogP contribution in [0.3, 0.4) is 0 Å². The third-order valence-corrected chi connectivity index (χ3v) is 5.36. The van der Waals surface area contributed by atoms with Gasteiger partial charge >= 0.3 is 0 Å². The summed E-state index contributed by atoms with van der Waals surface area (Å²) in [5.74, 6) is 2.32. The summed E-state index contributed by atoms with van der Waals surface area (Å²) in [6.07, 6.45) is 4.77. The van der Waals surface area contributed by atoms with Crippen LogP contribution in [0.1, 0.15) is 31.5 Å². The lowest BCUT2D eigenvalue weighted by molar-refractivity contribution is 0.289. The third kappa shape index (κ3) is 2.93. The molecule has 6 nitrogen and oxygen atoms in total. The van der Waals surface area contributed by atoms with E-state index in [2.05, 4.69) is 10.2 Å². The molecule has 1 unspecified atom stereocenters. The maximum Gasteiger partial charge on any atom is 0.212 e. The van der Waals surface area contributed by atoms with E-state index in [1.54, 1.807) is 18.9 Å². The summed E-state index contributed by atoms with van der Waals surface area (Å²) >= 11 is 1.77. The van der Waals surface area contributed by atoms with Gasteiger partial charge in [0.2, 0.25) is 5.16 Å². The molecule has 2 aliphatic rings. The molecule has 2 heterocycles. The molecule has 1 aliphatic carbocycles. The number of hydrogen-bond acceptors (Lipinski definition) is 6. The van der Waals surface area contributed by atoms with Crippen LogP contribution < -0.4 is 9.47 Å². The Morgan fingerprint density at radius 3 is 2.83 bits per heavy atom. The number of rotatable bonds is 4. The molecular weight excluding hydrogens is 312 g/mol. The van der Waals surface area contributed by atoms with Crippen LogP contribution in [0.2, 0.25) is 0 Å². The van der Waals surface area contributed by atoms with Crippen LogP contribution in [0.25, 0.3) is 0 Å². The lowest BCUT2D eigenvalue weighted by Crippen LogP contribution is -2.27. The molecule has 0 N–H and O–H groups in total. The molecule has 1 fully saturated rings. The van der Waals surface area contributed by atoms with E-state index in [0.717, 1.165) is 28.9 Å². The molecule has 120 valence electrons. The molecule has 1 aliphatic heterocycles. The Balaban J connectivity index is 1.49. The van der Waals surface area contributed by atoms with Gasteiger partial charge in [0.1, 0.15) is 18.1 Å². The first-order chi connectivity index (χ1) is 11.3. The largest absolute Gasteiger partial charge is 0.497 e. The van der Waals surface area contributed by atoms with Gasteiger partial charge in [-0.3, -0.25) is 0 Å². The van der Waals surface area contributed by atoms with Crippen LogP contribution in [0.15, 0.2) is 34.5 Å². The predicted molar refractivity (Wildman–Crippen MR) is 88.3 cm³/mol. The highest BCUT2D eigenvalue weighted by molar-refractivity contribution is 8.00. The molecule has 0 radical (unpaired) electrons. The van der Waals surface area contributed by atoms with Crippen molar-refractivity contribution in [2.45, 2.75) is 42.7 Å². The molecule has 4 rings (SSSR count). The highest BCUT2D eigenvalue weighted by Gasteiger charge is 2.29. The van der Waals surface area contributed by atoms with E-state index in [9.17, 15) is 0 Å². The van der Waals surface area contributed by atoms with Crippen molar-refractivity contribution in [1.29, 1.82) is 0 Å². The van der Waals surface area contributed by atoms with Gasteiger partial charge in [-0.25, -0.2) is 0 Å². The number of thioether (sulfide) groups is 1. The fraction of sp³-hybridized carbons (Fsp3) is 0.438. The van der Waals surface area contributed by atoms with Crippen molar-refractivity contribution in [3.63, 3.8) is 0 Å². The molecule has 7 heteroatoms. The summed E-state index contributed by atoms with van der Waals surface area (Å²) in [5, 5.41) is 14.6. The summed E-state index contributed by atoms with van der Waals surface area (Å²) in [7, 11) is 1.65. The van der Waals surface area contributed by atoms with Gasteiger partial charge < -0.3 is 9.47 Å². The van der Waals surface area contributed by atoms with E-state index in [4.69, 9.17) is 14.6 Å². The Morgan fingerprint density at radius 2 is 2.00 bits per heavy atom. The Kier molecular flexibility index (Phi) is 3.95. The van der Waals surface area contributed by atoms with Crippen molar-refractivity contribution < 1.29 is 9.47 Å². The maximum atomic E-state index is 5.79. The normalized spacial score (nSPS) is 19.5. The van der Waals surface area contributed by atoms with E-state index in [0.29, 0.717) is 11.9 Å². The second kappa shape index (κ2) is 6.23. The molecule has 1 atom stereocenters. The smallest absolute Gasteiger partial charge is 0.212 e. The van der Waals surface area contributed by atoms with Crippen molar-refractivity contribution in [3.05, 3.63) is 30.1 Å². The van der Waals surface area contributed by atoms with E-state index in [1.165, 1.54) is 25.0 Å². The standard InChI is InChI=1S/C16H18N4O2S/c1-21-11-6-8-12(9-7-11)22-10-15-17-18-16-20(15)19-13-4-2-3-5-14(13)23-16/h6-9,14H,2-5,10H2,1H3. The number of benzene rings is 1. The van der Waals surface area contributed by atoms with Crippen LogP contribution in [-0.4, -0.2) is 32.9 Å². The van der Waals surface area contributed by atoms with Crippen LogP contribution in [0.5, 0.6) is 11.5 Å². The highest BCUT2D eigenvalue weighted by atomic mass is 32.2. The SMILES string of the molecule is COc1ccc(OCc2nnc3n2N=C2CCCCC2S3)cc1. The van der Waals surface area contributed by atoms with Gasteiger partial charge in [-0.1, -0.05) is 18.2 Å². The zero-order valence-electron chi connectivity index (χ0n) is 12.9. The lowest BCUT2D eigenvalue weighted by Gasteiger charge is -2.26. The second-order valence-electron chi connectivity index (χ2n) is 5.62. The number of hydrogen-bond donors (Lipinski definition) is 0. The maximum absolute atomic E-state index is 5.79. The van der Waals surface area contributed by atoms with E-state index in [-0.39, 0.29) is 0 Å². The molecule has 0 amide bonds. The summed E-state index contributed by atoms with van der Waals surface area (Å²) in [6, 6.07) is 7.50. The van der Waals surface area contributed by atoms with Gasteiger partial charge in [0.15, 0.2) is 5.82 Å². The molecule has 2 aromatic rings. The highest BCUT2D eigenvalue weighted by Crippen LogP contribution is 2.35. The van der Waals surface area contributed by atoms with Crippen molar-refractivity contribution >= 4 is 17.5 Å². The molecule has 1 aromatic carbocycles. The molecule has 0 spiro atoms. The monoisotopic (exact) mass is 330 g/mol. The van der Waals surface area contributed by atoms with Gasteiger partial charge in [0.25, 0.3) is 0 Å². The van der Waals surface area contributed by atoms with Crippen molar-refractivity contribution in [2.24, 2.45) is 5.10 Å². The Bertz CT molecular complexity index is 726. The fourth-order valence-corrected chi connectivity index (χ4v) is 4.01. The Hall–Kier alpha value is -2.02. The number of aromatic nitrogens is 3. The fourth-order valence-electron chi connectivity index (χ4n) is 2.84. The summed E-state index contributed by atoms with van der Waals surface area (Å²) < 4.78 is 12.8. The average molecular weight is 330 g/mol. The molecule has 1 aromatic heterocycles. The predicted octanol–water partition coefficient (Wildman–Crippen LogP) is 3.12. The first-order valence-corrected chi connectivity index (χ1v) is 8.67. The zero-order valence-corrected chi connectivity index (χ0v) is 13.8. The topological polar surface area (TPSA) is 61.5 Å². The van der Waals surface area contributed by atoms with Crippen molar-refractivity contribution in [1.82, 2.24) is 14.9 Å². The molecular formula is C16H18N4O2S. The van der Waals surface area contributed by atoms with Crippen LogP contribution in [0.4, 0.5) is 0 Å². The summed E-state index contributed by atoms with van der Waals surface area (Å²) in [6.45, 7) is 0.349. The first-order valence-electron chi connectivity index (χ1n) is 7.79. The Labute approximate surface area is 138 Å². The van der Waals surface area contributed by atoms with Crippen LogP contribution in [-0.2, 0) is 6.61 Å². The number of ether oxygens (including phenoxy) is 2. The summed E-state index contributed by atoms with van der Waals surface area (Å²) in [4.78, 5) is 0. The minimum atomic E-state index is 0.349. The average Bonchev–Trinajstić information content (AvgIpc) is 3.00. The quantitative estimate of drug-likeness (QED) is 0.862. The molecule has 0 saturated heterocycles. The van der Waals surface area contributed by atoms with Gasteiger partial charge in [-0.15, -0.1) is 10.2 Å². The van der Waals surface area contributed by atoms with Crippen LogP contribution >= 0.6 is 11.8 Å². The Morgan fingerprint density at radius 1 is 1.17 bits per heavy atom. The lowest BCUT2D eigenvalue weighted by atomic mass is 9.98. The number of nitrogens with zero attached hydrogens (tertiary/aromatic N) is 4. The third-order valence-electron chi connectivity index (χ3n) is 4.10. The van der Waals surface area contributed by atoms with E-state index < -0.39 is 0 Å². The first kappa shape index (κ1) is 14.6. The number of methoxy groups -OCH3 is 1. The van der Waals surface area contributed by atoms with E-state index in [1.807, 2.05) is 28.9 Å². The molecule has 23 heavy (non-hydrogen) atoms. The molecule has 1 saturated carbocycles. The second-order valence-corrected chi connectivity index (χ2v) is 6.79. The van der Waals surface area contributed by atoms with Gasteiger partial charge in [0.05, 0.1) is 18.1 Å². The summed E-state index contributed by atoms with van der Waals surface area (Å²) in [5.41, 5.74) is 1.26. The minimum Gasteiger partial charge on any atom is -0.497 e. The van der Waals surface area contributed by atoms with Gasteiger partial charge in [-0.2, -0.15) is 9.78 Å². The molecule has 0 bridgehead atoms. The van der Waals surface area contributed by atoms with Crippen molar-refractivity contribution in [2.75, 3.05) is 7.11 Å². The van der Waals surface area contributed by atoms with Crippen LogP contribution in [0, 0.1) is 0 Å². The zero-order chi connectivity index (χ0) is 15.6. The van der Waals surface area contributed by atoms with Gasteiger partial charge in [-0.05, 0) is 43.5 Å². The van der Waals surface area contributed by atoms with Crippen molar-refractivity contribution in [3.8, 4) is 11.5 Å². The van der Waals surface area contributed by atoms with E-state index >= 15 is 0 Å². The minimum absolute atomic E-state index is 0.349.